The van der Waals surface area contributed by atoms with Gasteiger partial charge in [-0.15, -0.1) is 0 Å². The van der Waals surface area contributed by atoms with Crippen LogP contribution in [0.4, 0.5) is 0 Å². The van der Waals surface area contributed by atoms with Crippen molar-refractivity contribution in [1.82, 2.24) is 29.0 Å². The normalized spacial score (nSPS) is 16.6. The first-order valence-corrected chi connectivity index (χ1v) is 8.45. The number of fused-ring (bicyclic) bond motifs is 2. The lowest BCUT2D eigenvalue weighted by molar-refractivity contribution is 0.0702. The van der Waals surface area contributed by atoms with Crippen LogP contribution in [0, 0.1) is 0 Å². The van der Waals surface area contributed by atoms with E-state index in [1.165, 1.54) is 5.56 Å². The second-order valence-electron chi connectivity index (χ2n) is 6.32. The molecule has 1 atom stereocenters. The summed E-state index contributed by atoms with van der Waals surface area (Å²) in [7, 11) is 0. The van der Waals surface area contributed by atoms with Crippen molar-refractivity contribution in [2.45, 2.75) is 12.6 Å². The molecule has 0 fully saturated rings. The molecule has 7 heteroatoms. The molecule has 26 heavy (non-hydrogen) atoms. The number of aromatic nitrogens is 5. The summed E-state index contributed by atoms with van der Waals surface area (Å²) in [5, 5.41) is 4.39. The summed E-state index contributed by atoms with van der Waals surface area (Å²) in [6.07, 6.45) is 10.6. The van der Waals surface area contributed by atoms with Gasteiger partial charge in [0, 0.05) is 50.3 Å². The largest absolute Gasteiger partial charge is 0.330 e. The minimum absolute atomic E-state index is 0.0154. The van der Waals surface area contributed by atoms with Crippen molar-refractivity contribution in [3.8, 4) is 0 Å². The lowest BCUT2D eigenvalue weighted by Gasteiger charge is -2.34. The number of carbonyl (C=O) groups is 1. The van der Waals surface area contributed by atoms with Crippen molar-refractivity contribution in [3.63, 3.8) is 0 Å². The molecule has 1 aliphatic heterocycles. The molecule has 0 unspecified atom stereocenters. The zero-order valence-electron chi connectivity index (χ0n) is 13.9. The van der Waals surface area contributed by atoms with Gasteiger partial charge in [0.2, 0.25) is 0 Å². The molecular weight excluding hydrogens is 328 g/mol. The average Bonchev–Trinajstić information content (AvgIpc) is 3.38. The molecule has 0 saturated heterocycles. The van der Waals surface area contributed by atoms with Crippen LogP contribution in [0.2, 0.25) is 0 Å². The second kappa shape index (κ2) is 5.80. The molecule has 0 saturated carbocycles. The highest BCUT2D eigenvalue weighted by Crippen LogP contribution is 2.30. The van der Waals surface area contributed by atoms with E-state index in [2.05, 4.69) is 27.2 Å². The lowest BCUT2D eigenvalue weighted by Crippen LogP contribution is -2.41. The molecule has 0 spiro atoms. The van der Waals surface area contributed by atoms with Gasteiger partial charge in [-0.05, 0) is 17.2 Å². The van der Waals surface area contributed by atoms with E-state index in [1.54, 1.807) is 24.8 Å². The average molecular weight is 344 g/mol. The second-order valence-corrected chi connectivity index (χ2v) is 6.32. The van der Waals surface area contributed by atoms with Crippen LogP contribution in [-0.4, -0.2) is 41.5 Å². The number of benzene rings is 1. The Bertz CT molecular complexity index is 1080. The van der Waals surface area contributed by atoms with Gasteiger partial charge in [0.05, 0.1) is 6.04 Å². The summed E-state index contributed by atoms with van der Waals surface area (Å²) >= 11 is 0. The zero-order chi connectivity index (χ0) is 17.5. The SMILES string of the molecule is O=C(c1nccn2ccnc12)N1Cc2ccccc2[C@H](n2cccn2)C1. The summed E-state index contributed by atoms with van der Waals surface area (Å²) in [5.74, 6) is -0.117. The maximum Gasteiger partial charge on any atom is 0.276 e. The van der Waals surface area contributed by atoms with E-state index >= 15 is 0 Å². The van der Waals surface area contributed by atoms with E-state index in [-0.39, 0.29) is 11.9 Å². The van der Waals surface area contributed by atoms with Gasteiger partial charge in [-0.1, -0.05) is 24.3 Å². The van der Waals surface area contributed by atoms with Gasteiger partial charge in [-0.2, -0.15) is 5.10 Å². The molecular formula is C19H16N6O. The van der Waals surface area contributed by atoms with Crippen LogP contribution in [-0.2, 0) is 6.54 Å². The third kappa shape index (κ3) is 2.28. The highest BCUT2D eigenvalue weighted by atomic mass is 16.2. The maximum absolute atomic E-state index is 13.2. The van der Waals surface area contributed by atoms with Crippen molar-refractivity contribution in [1.29, 1.82) is 0 Å². The van der Waals surface area contributed by atoms with Gasteiger partial charge in [0.25, 0.3) is 5.91 Å². The Hall–Kier alpha value is -3.48. The van der Waals surface area contributed by atoms with Crippen molar-refractivity contribution in [2.75, 3.05) is 6.54 Å². The summed E-state index contributed by atoms with van der Waals surface area (Å²) in [6.45, 7) is 1.09. The summed E-state index contributed by atoms with van der Waals surface area (Å²) in [4.78, 5) is 23.6. The van der Waals surface area contributed by atoms with Gasteiger partial charge in [-0.3, -0.25) is 9.48 Å². The molecule has 7 nitrogen and oxygen atoms in total. The highest BCUT2D eigenvalue weighted by Gasteiger charge is 2.31. The fourth-order valence-electron chi connectivity index (χ4n) is 3.58. The summed E-state index contributed by atoms with van der Waals surface area (Å²) in [5.41, 5.74) is 3.28. The maximum atomic E-state index is 13.2. The monoisotopic (exact) mass is 344 g/mol. The van der Waals surface area contributed by atoms with E-state index in [0.29, 0.717) is 24.4 Å². The Balaban J connectivity index is 1.56. The van der Waals surface area contributed by atoms with Crippen molar-refractivity contribution < 1.29 is 4.79 Å². The van der Waals surface area contributed by atoms with E-state index < -0.39 is 0 Å². The number of carbonyl (C=O) groups excluding carboxylic acids is 1. The summed E-state index contributed by atoms with van der Waals surface area (Å²) < 4.78 is 3.71. The molecule has 0 radical (unpaired) electrons. The topological polar surface area (TPSA) is 68.3 Å². The molecule has 0 bridgehead atoms. The van der Waals surface area contributed by atoms with Gasteiger partial charge in [0.15, 0.2) is 11.3 Å². The standard InChI is InChI=1S/C19H16N6O/c26-19(17-18-21-8-11-23(18)10-7-20-17)24-12-14-4-1-2-5-15(14)16(13-24)25-9-3-6-22-25/h1-11,16H,12-13H2/t16-/m1/s1. The molecule has 3 aromatic heterocycles. The fourth-order valence-corrected chi connectivity index (χ4v) is 3.58. The van der Waals surface area contributed by atoms with Gasteiger partial charge in [-0.25, -0.2) is 9.97 Å². The van der Waals surface area contributed by atoms with E-state index in [9.17, 15) is 4.79 Å². The van der Waals surface area contributed by atoms with Crippen LogP contribution in [0.25, 0.3) is 5.65 Å². The Labute approximate surface area is 149 Å². The highest BCUT2D eigenvalue weighted by molar-refractivity contribution is 5.97. The number of hydrogen-bond acceptors (Lipinski definition) is 4. The first-order chi connectivity index (χ1) is 12.8. The molecule has 1 amide bonds. The van der Waals surface area contributed by atoms with Crippen LogP contribution < -0.4 is 0 Å². The van der Waals surface area contributed by atoms with E-state index in [0.717, 1.165) is 5.56 Å². The molecule has 1 aliphatic rings. The smallest absolute Gasteiger partial charge is 0.276 e. The Morgan fingerprint density at radius 2 is 1.85 bits per heavy atom. The number of nitrogens with zero attached hydrogens (tertiary/aromatic N) is 6. The number of rotatable bonds is 2. The van der Waals surface area contributed by atoms with Gasteiger partial charge in [0.1, 0.15) is 0 Å². The fraction of sp³-hybridized carbons (Fsp3) is 0.158. The van der Waals surface area contributed by atoms with Crippen LogP contribution in [0.5, 0.6) is 0 Å². The van der Waals surface area contributed by atoms with Crippen LogP contribution in [0.1, 0.15) is 27.7 Å². The van der Waals surface area contributed by atoms with Gasteiger partial charge >= 0.3 is 0 Å². The molecule has 0 N–H and O–H groups in total. The Kier molecular flexibility index (Phi) is 3.31. The summed E-state index contributed by atoms with van der Waals surface area (Å²) in [6, 6.07) is 10.1. The minimum Gasteiger partial charge on any atom is -0.330 e. The first-order valence-electron chi connectivity index (χ1n) is 8.45. The molecule has 5 rings (SSSR count). The van der Waals surface area contributed by atoms with Gasteiger partial charge < -0.3 is 9.30 Å². The predicted molar refractivity (Wildman–Crippen MR) is 94.5 cm³/mol. The molecule has 1 aromatic carbocycles. The third-order valence-electron chi connectivity index (χ3n) is 4.81. The van der Waals surface area contributed by atoms with Crippen molar-refractivity contribution in [2.24, 2.45) is 0 Å². The Morgan fingerprint density at radius 1 is 1.00 bits per heavy atom. The number of imidazole rings is 1. The number of amides is 1. The lowest BCUT2D eigenvalue weighted by atomic mass is 9.95. The van der Waals surface area contributed by atoms with Crippen LogP contribution in [0.3, 0.4) is 0 Å². The zero-order valence-corrected chi connectivity index (χ0v) is 13.9. The molecule has 4 heterocycles. The molecule has 0 aliphatic carbocycles. The van der Waals surface area contributed by atoms with Crippen LogP contribution >= 0.6 is 0 Å². The van der Waals surface area contributed by atoms with E-state index in [1.807, 2.05) is 44.6 Å². The van der Waals surface area contributed by atoms with Crippen molar-refractivity contribution in [3.05, 3.63) is 84.3 Å². The molecule has 4 aromatic rings. The van der Waals surface area contributed by atoms with Crippen molar-refractivity contribution >= 4 is 11.6 Å². The Morgan fingerprint density at radius 3 is 2.69 bits per heavy atom. The minimum atomic E-state index is -0.117. The first kappa shape index (κ1) is 14.8. The quantitative estimate of drug-likeness (QED) is 0.559. The van der Waals surface area contributed by atoms with Crippen LogP contribution in [0.15, 0.2) is 67.5 Å². The third-order valence-corrected chi connectivity index (χ3v) is 4.81. The molecule has 128 valence electrons. The number of hydrogen-bond donors (Lipinski definition) is 0. The predicted octanol–water partition coefficient (Wildman–Crippen LogP) is 2.17. The van der Waals surface area contributed by atoms with E-state index in [4.69, 9.17) is 0 Å².